The molecule has 2 aromatic rings. The lowest BCUT2D eigenvalue weighted by Crippen LogP contribution is -2.49. The molecule has 0 bridgehead atoms. The molecule has 154 valence electrons. The number of amides is 1. The molecule has 2 aliphatic heterocycles. The number of benzene rings is 1. The number of hydrogen-bond donors (Lipinski definition) is 1. The first kappa shape index (κ1) is 19.8. The average molecular weight is 396 g/mol. The first-order chi connectivity index (χ1) is 14.3. The summed E-state index contributed by atoms with van der Waals surface area (Å²) in [7, 11) is 0. The van der Waals surface area contributed by atoms with Crippen molar-refractivity contribution in [1.29, 1.82) is 0 Å². The zero-order chi connectivity index (χ0) is 19.9. The van der Waals surface area contributed by atoms with Crippen LogP contribution in [0.1, 0.15) is 10.4 Å². The second kappa shape index (κ2) is 9.82. The summed E-state index contributed by atoms with van der Waals surface area (Å²) in [6.07, 6.45) is 3.23. The van der Waals surface area contributed by atoms with Crippen molar-refractivity contribution in [3.63, 3.8) is 0 Å². The number of morpholine rings is 1. The number of anilines is 2. The molecule has 0 radical (unpaired) electrons. The van der Waals surface area contributed by atoms with Gasteiger partial charge in [0.05, 0.1) is 18.8 Å². The third-order valence-corrected chi connectivity index (χ3v) is 5.62. The van der Waals surface area contributed by atoms with E-state index in [9.17, 15) is 4.79 Å². The first-order valence-corrected chi connectivity index (χ1v) is 10.4. The van der Waals surface area contributed by atoms with Crippen molar-refractivity contribution in [2.75, 3.05) is 75.8 Å². The summed E-state index contributed by atoms with van der Waals surface area (Å²) in [6.45, 7) is 10.4. The van der Waals surface area contributed by atoms with E-state index in [-0.39, 0.29) is 5.91 Å². The van der Waals surface area contributed by atoms with Gasteiger partial charge in [0.2, 0.25) is 0 Å². The zero-order valence-electron chi connectivity index (χ0n) is 16.8. The highest BCUT2D eigenvalue weighted by Crippen LogP contribution is 2.20. The molecule has 29 heavy (non-hydrogen) atoms. The van der Waals surface area contributed by atoms with Crippen molar-refractivity contribution in [2.24, 2.45) is 0 Å². The second-order valence-corrected chi connectivity index (χ2v) is 7.53. The van der Waals surface area contributed by atoms with E-state index >= 15 is 0 Å². The van der Waals surface area contributed by atoms with E-state index in [1.54, 1.807) is 24.5 Å². The Morgan fingerprint density at radius 2 is 1.62 bits per heavy atom. The largest absolute Gasteiger partial charge is 0.379 e. The Morgan fingerprint density at radius 3 is 2.28 bits per heavy atom. The van der Waals surface area contributed by atoms with Crippen LogP contribution < -0.4 is 10.2 Å². The summed E-state index contributed by atoms with van der Waals surface area (Å²) < 4.78 is 5.42. The Balaban J connectivity index is 1.23. The molecule has 2 fully saturated rings. The molecule has 3 heterocycles. The maximum absolute atomic E-state index is 12.2. The van der Waals surface area contributed by atoms with Gasteiger partial charge in [0.15, 0.2) is 0 Å². The zero-order valence-corrected chi connectivity index (χ0v) is 16.8. The summed E-state index contributed by atoms with van der Waals surface area (Å²) >= 11 is 0. The standard InChI is InChI=1S/C22H29N5O2/c28-22(19-2-1-7-23-18-19)24-20-3-5-21(6-4-20)27-12-10-25(11-13-27)8-9-26-14-16-29-17-15-26/h1-7,18H,8-17H2,(H,24,28). The fraction of sp³-hybridized carbons (Fsp3) is 0.455. The Morgan fingerprint density at radius 1 is 0.931 bits per heavy atom. The minimum atomic E-state index is -0.139. The molecule has 1 aromatic carbocycles. The maximum Gasteiger partial charge on any atom is 0.257 e. The third kappa shape index (κ3) is 5.53. The van der Waals surface area contributed by atoms with Gasteiger partial charge in [-0.1, -0.05) is 0 Å². The van der Waals surface area contributed by atoms with Gasteiger partial charge in [-0.25, -0.2) is 0 Å². The number of nitrogens with zero attached hydrogens (tertiary/aromatic N) is 4. The van der Waals surface area contributed by atoms with Crippen molar-refractivity contribution < 1.29 is 9.53 Å². The van der Waals surface area contributed by atoms with Gasteiger partial charge in [-0.15, -0.1) is 0 Å². The Labute approximate surface area is 172 Å². The van der Waals surface area contributed by atoms with Gasteiger partial charge in [0.25, 0.3) is 5.91 Å². The molecule has 2 aliphatic rings. The smallest absolute Gasteiger partial charge is 0.257 e. The van der Waals surface area contributed by atoms with E-state index in [1.807, 2.05) is 12.1 Å². The number of nitrogens with one attached hydrogen (secondary N) is 1. The van der Waals surface area contributed by atoms with Crippen molar-refractivity contribution in [1.82, 2.24) is 14.8 Å². The molecular formula is C22H29N5O2. The van der Waals surface area contributed by atoms with Crippen LogP contribution in [0, 0.1) is 0 Å². The predicted molar refractivity (Wildman–Crippen MR) is 115 cm³/mol. The van der Waals surface area contributed by atoms with Gasteiger partial charge >= 0.3 is 0 Å². The third-order valence-electron chi connectivity index (χ3n) is 5.62. The normalized spacial score (nSPS) is 18.6. The van der Waals surface area contributed by atoms with Crippen LogP contribution in [-0.4, -0.2) is 86.3 Å². The fourth-order valence-corrected chi connectivity index (χ4v) is 3.79. The number of carbonyl (C=O) groups is 1. The quantitative estimate of drug-likeness (QED) is 0.805. The fourth-order valence-electron chi connectivity index (χ4n) is 3.79. The highest BCUT2D eigenvalue weighted by molar-refractivity contribution is 6.04. The molecule has 0 spiro atoms. The highest BCUT2D eigenvalue weighted by atomic mass is 16.5. The van der Waals surface area contributed by atoms with E-state index < -0.39 is 0 Å². The van der Waals surface area contributed by atoms with Gasteiger partial charge in [-0.05, 0) is 36.4 Å². The van der Waals surface area contributed by atoms with E-state index in [1.165, 1.54) is 5.69 Å². The molecule has 1 amide bonds. The number of rotatable bonds is 6. The Kier molecular flexibility index (Phi) is 6.71. The van der Waals surface area contributed by atoms with Crippen LogP contribution in [0.25, 0.3) is 0 Å². The van der Waals surface area contributed by atoms with Gasteiger partial charge in [-0.2, -0.15) is 0 Å². The lowest BCUT2D eigenvalue weighted by molar-refractivity contribution is 0.0331. The van der Waals surface area contributed by atoms with Gasteiger partial charge in [0.1, 0.15) is 0 Å². The lowest BCUT2D eigenvalue weighted by Gasteiger charge is -2.37. The molecule has 1 N–H and O–H groups in total. The van der Waals surface area contributed by atoms with E-state index in [2.05, 4.69) is 37.1 Å². The molecule has 4 rings (SSSR count). The topological polar surface area (TPSA) is 60.9 Å². The molecule has 0 unspecified atom stereocenters. The molecule has 0 aliphatic carbocycles. The molecule has 0 atom stereocenters. The molecule has 1 aromatic heterocycles. The predicted octanol–water partition coefficient (Wildman–Crippen LogP) is 1.79. The molecule has 7 nitrogen and oxygen atoms in total. The summed E-state index contributed by atoms with van der Waals surface area (Å²) in [5.41, 5.74) is 2.56. The number of piperazine rings is 1. The van der Waals surface area contributed by atoms with Crippen LogP contribution >= 0.6 is 0 Å². The van der Waals surface area contributed by atoms with Crippen molar-refractivity contribution in [3.8, 4) is 0 Å². The van der Waals surface area contributed by atoms with E-state index in [0.29, 0.717) is 5.56 Å². The van der Waals surface area contributed by atoms with Gasteiger partial charge < -0.3 is 15.0 Å². The Bertz CT molecular complexity index is 770. The Hall–Kier alpha value is -2.48. The molecule has 2 saturated heterocycles. The van der Waals surface area contributed by atoms with Gasteiger partial charge in [-0.3, -0.25) is 19.6 Å². The lowest BCUT2D eigenvalue weighted by atomic mass is 10.2. The van der Waals surface area contributed by atoms with Crippen molar-refractivity contribution >= 4 is 17.3 Å². The summed E-state index contributed by atoms with van der Waals surface area (Å²) in [5.74, 6) is -0.139. The summed E-state index contributed by atoms with van der Waals surface area (Å²) in [5, 5.41) is 2.92. The number of aromatic nitrogens is 1. The maximum atomic E-state index is 12.2. The average Bonchev–Trinajstić information content (AvgIpc) is 2.80. The minimum Gasteiger partial charge on any atom is -0.379 e. The SMILES string of the molecule is O=C(Nc1ccc(N2CCN(CCN3CCOCC3)CC2)cc1)c1cccnc1. The number of carbonyl (C=O) groups excluding carboxylic acids is 1. The van der Waals surface area contributed by atoms with Crippen molar-refractivity contribution in [2.45, 2.75) is 0 Å². The minimum absolute atomic E-state index is 0.139. The van der Waals surface area contributed by atoms with Crippen LogP contribution in [0.4, 0.5) is 11.4 Å². The molecule has 0 saturated carbocycles. The van der Waals surface area contributed by atoms with Crippen LogP contribution in [0.3, 0.4) is 0 Å². The first-order valence-electron chi connectivity index (χ1n) is 10.4. The van der Waals surface area contributed by atoms with Crippen molar-refractivity contribution in [3.05, 3.63) is 54.4 Å². The summed E-state index contributed by atoms with van der Waals surface area (Å²) in [6, 6.07) is 11.6. The number of ether oxygens (including phenoxy) is 1. The monoisotopic (exact) mass is 395 g/mol. The van der Waals surface area contributed by atoms with E-state index in [4.69, 9.17) is 4.74 Å². The van der Waals surface area contributed by atoms with Crippen LogP contribution in [0.15, 0.2) is 48.8 Å². The summed E-state index contributed by atoms with van der Waals surface area (Å²) in [4.78, 5) is 23.7. The number of hydrogen-bond acceptors (Lipinski definition) is 6. The van der Waals surface area contributed by atoms with Gasteiger partial charge in [0, 0.05) is 76.1 Å². The van der Waals surface area contributed by atoms with Crippen LogP contribution in [0.2, 0.25) is 0 Å². The van der Waals surface area contributed by atoms with Crippen LogP contribution in [0.5, 0.6) is 0 Å². The second-order valence-electron chi connectivity index (χ2n) is 7.53. The molecule has 7 heteroatoms. The number of pyridine rings is 1. The molecular weight excluding hydrogens is 366 g/mol. The highest BCUT2D eigenvalue weighted by Gasteiger charge is 2.18. The van der Waals surface area contributed by atoms with Crippen LogP contribution in [-0.2, 0) is 4.74 Å². The van der Waals surface area contributed by atoms with E-state index in [0.717, 1.165) is 71.3 Å².